The summed E-state index contributed by atoms with van der Waals surface area (Å²) in [4.78, 5) is 22.9. The largest absolute Gasteiger partial charge is 0.481 e. The first-order valence-corrected chi connectivity index (χ1v) is 10.3. The van der Waals surface area contributed by atoms with Gasteiger partial charge in [0.1, 0.15) is 10.8 Å². The van der Waals surface area contributed by atoms with Crippen LogP contribution in [-0.2, 0) is 23.1 Å². The molecule has 2 aliphatic rings. The number of carbonyl (C=O) groups is 1. The SMILES string of the molecule is COc1ncccc1Cc1cnc(CC(=O)C2(c3ccc4c(c3)OCO4)CC2)s1. The summed E-state index contributed by atoms with van der Waals surface area (Å²) in [5.74, 6) is 2.31. The van der Waals surface area contributed by atoms with Gasteiger partial charge in [-0.15, -0.1) is 11.3 Å². The summed E-state index contributed by atoms with van der Waals surface area (Å²) >= 11 is 1.57. The highest BCUT2D eigenvalue weighted by Gasteiger charge is 2.51. The number of fused-ring (bicyclic) bond motifs is 1. The molecular weight excluding hydrogens is 388 g/mol. The summed E-state index contributed by atoms with van der Waals surface area (Å²) in [6, 6.07) is 9.73. The van der Waals surface area contributed by atoms with Gasteiger partial charge in [0, 0.05) is 29.3 Å². The highest BCUT2D eigenvalue weighted by Crippen LogP contribution is 2.51. The number of nitrogens with zero attached hydrogens (tertiary/aromatic N) is 2. The average Bonchev–Trinajstić information content (AvgIpc) is 3.22. The standard InChI is InChI=1S/C22H20N2O4S/c1-26-21-14(3-2-8-23-21)9-16-12-24-20(29-16)11-19(25)22(6-7-22)15-4-5-17-18(10-15)28-13-27-17/h2-5,8,10,12H,6-7,9,11,13H2,1H3. The number of ketones is 1. The van der Waals surface area contributed by atoms with E-state index in [1.165, 1.54) is 0 Å². The summed E-state index contributed by atoms with van der Waals surface area (Å²) in [6.07, 6.45) is 6.34. The number of benzene rings is 1. The van der Waals surface area contributed by atoms with Crippen molar-refractivity contribution >= 4 is 17.1 Å². The third-order valence-corrected chi connectivity index (χ3v) is 6.53. The van der Waals surface area contributed by atoms with Crippen molar-refractivity contribution in [2.24, 2.45) is 0 Å². The Labute approximate surface area is 172 Å². The van der Waals surface area contributed by atoms with E-state index in [1.807, 2.05) is 36.5 Å². The molecule has 0 bridgehead atoms. The van der Waals surface area contributed by atoms with Crippen molar-refractivity contribution in [3.63, 3.8) is 0 Å². The second kappa shape index (κ2) is 7.15. The molecule has 0 spiro atoms. The fraction of sp³-hybridized carbons (Fsp3) is 0.318. The molecule has 1 aliphatic carbocycles. The minimum absolute atomic E-state index is 0.219. The highest BCUT2D eigenvalue weighted by molar-refractivity contribution is 7.11. The Morgan fingerprint density at radius 2 is 2.07 bits per heavy atom. The average molecular weight is 408 g/mol. The quantitative estimate of drug-likeness (QED) is 0.594. The number of carbonyl (C=O) groups excluding carboxylic acids is 1. The van der Waals surface area contributed by atoms with Gasteiger partial charge in [0.25, 0.3) is 0 Å². The van der Waals surface area contributed by atoms with Gasteiger partial charge in [-0.05, 0) is 36.6 Å². The Hall–Kier alpha value is -2.93. The van der Waals surface area contributed by atoms with Crippen LogP contribution in [0.15, 0.2) is 42.7 Å². The molecule has 1 saturated carbocycles. The van der Waals surface area contributed by atoms with Gasteiger partial charge in [0.2, 0.25) is 12.7 Å². The molecule has 6 nitrogen and oxygen atoms in total. The van der Waals surface area contributed by atoms with Crippen molar-refractivity contribution in [1.82, 2.24) is 9.97 Å². The van der Waals surface area contributed by atoms with Crippen LogP contribution in [-0.4, -0.2) is 29.7 Å². The molecule has 3 heterocycles. The van der Waals surface area contributed by atoms with Crippen molar-refractivity contribution in [3.05, 3.63) is 63.7 Å². The van der Waals surface area contributed by atoms with Gasteiger partial charge in [0.05, 0.1) is 18.9 Å². The number of aromatic nitrogens is 2. The Morgan fingerprint density at radius 1 is 1.21 bits per heavy atom. The zero-order valence-electron chi connectivity index (χ0n) is 16.0. The summed E-state index contributed by atoms with van der Waals surface area (Å²) < 4.78 is 16.2. The van der Waals surface area contributed by atoms with Crippen LogP contribution in [0.25, 0.3) is 0 Å². The summed E-state index contributed by atoms with van der Waals surface area (Å²) in [5.41, 5.74) is 1.62. The number of ether oxygens (including phenoxy) is 3. The molecule has 0 saturated heterocycles. The lowest BCUT2D eigenvalue weighted by molar-refractivity contribution is -0.120. The topological polar surface area (TPSA) is 70.5 Å². The molecular formula is C22H20N2O4S. The number of hydrogen-bond donors (Lipinski definition) is 0. The molecule has 3 aromatic rings. The highest BCUT2D eigenvalue weighted by atomic mass is 32.1. The lowest BCUT2D eigenvalue weighted by Gasteiger charge is -2.14. The van der Waals surface area contributed by atoms with Gasteiger partial charge >= 0.3 is 0 Å². The van der Waals surface area contributed by atoms with Crippen LogP contribution < -0.4 is 14.2 Å². The lowest BCUT2D eigenvalue weighted by Crippen LogP contribution is -2.22. The van der Waals surface area contributed by atoms with E-state index in [-0.39, 0.29) is 12.6 Å². The smallest absolute Gasteiger partial charge is 0.231 e. The predicted octanol–water partition coefficient (Wildman–Crippen LogP) is 3.71. The normalized spacial score (nSPS) is 15.9. The van der Waals surface area contributed by atoms with Gasteiger partial charge < -0.3 is 14.2 Å². The van der Waals surface area contributed by atoms with Crippen molar-refractivity contribution < 1.29 is 19.0 Å². The van der Waals surface area contributed by atoms with Crippen LogP contribution in [0.2, 0.25) is 0 Å². The van der Waals surface area contributed by atoms with Crippen molar-refractivity contribution in [1.29, 1.82) is 0 Å². The van der Waals surface area contributed by atoms with Crippen LogP contribution >= 0.6 is 11.3 Å². The maximum absolute atomic E-state index is 13.1. The maximum atomic E-state index is 13.1. The van der Waals surface area contributed by atoms with E-state index in [4.69, 9.17) is 14.2 Å². The zero-order chi connectivity index (χ0) is 19.8. The molecule has 0 radical (unpaired) electrons. The van der Waals surface area contributed by atoms with E-state index in [0.29, 0.717) is 18.7 Å². The first-order valence-electron chi connectivity index (χ1n) is 9.53. The van der Waals surface area contributed by atoms with Crippen molar-refractivity contribution in [2.75, 3.05) is 13.9 Å². The van der Waals surface area contributed by atoms with Gasteiger partial charge in [-0.25, -0.2) is 9.97 Å². The zero-order valence-corrected chi connectivity index (χ0v) is 16.8. The number of hydrogen-bond acceptors (Lipinski definition) is 7. The number of rotatable bonds is 7. The Bertz CT molecular complexity index is 1070. The summed E-state index contributed by atoms with van der Waals surface area (Å²) in [7, 11) is 1.62. The van der Waals surface area contributed by atoms with E-state index >= 15 is 0 Å². The molecule has 1 fully saturated rings. The second-order valence-electron chi connectivity index (χ2n) is 7.32. The Balaban J connectivity index is 1.30. The number of Topliss-reactive ketones (excluding diaryl/α,β-unsaturated/α-hetero) is 1. The number of methoxy groups -OCH3 is 1. The van der Waals surface area contributed by atoms with E-state index < -0.39 is 5.41 Å². The Kier molecular flexibility index (Phi) is 4.47. The van der Waals surface area contributed by atoms with Gasteiger partial charge in [0.15, 0.2) is 11.5 Å². The predicted molar refractivity (Wildman–Crippen MR) is 108 cm³/mol. The van der Waals surface area contributed by atoms with E-state index in [9.17, 15) is 4.79 Å². The minimum atomic E-state index is -0.403. The van der Waals surface area contributed by atoms with Gasteiger partial charge in [-0.3, -0.25) is 4.79 Å². The van der Waals surface area contributed by atoms with E-state index in [0.717, 1.165) is 45.4 Å². The molecule has 1 aliphatic heterocycles. The van der Waals surface area contributed by atoms with Gasteiger partial charge in [-0.2, -0.15) is 0 Å². The van der Waals surface area contributed by atoms with Crippen molar-refractivity contribution in [3.8, 4) is 17.4 Å². The summed E-state index contributed by atoms with van der Waals surface area (Å²) in [6.45, 7) is 0.239. The molecule has 29 heavy (non-hydrogen) atoms. The third-order valence-electron chi connectivity index (χ3n) is 5.53. The molecule has 1 aromatic carbocycles. The maximum Gasteiger partial charge on any atom is 0.231 e. The van der Waals surface area contributed by atoms with Gasteiger partial charge in [-0.1, -0.05) is 12.1 Å². The molecule has 0 atom stereocenters. The molecule has 2 aromatic heterocycles. The van der Waals surface area contributed by atoms with Crippen molar-refractivity contribution in [2.45, 2.75) is 31.1 Å². The van der Waals surface area contributed by atoms with Crippen LogP contribution in [0.1, 0.15) is 33.9 Å². The lowest BCUT2D eigenvalue weighted by atomic mass is 9.89. The summed E-state index contributed by atoms with van der Waals surface area (Å²) in [5, 5.41) is 0.847. The fourth-order valence-corrected chi connectivity index (χ4v) is 4.74. The molecule has 0 unspecified atom stereocenters. The Morgan fingerprint density at radius 3 is 2.90 bits per heavy atom. The molecule has 7 heteroatoms. The minimum Gasteiger partial charge on any atom is -0.481 e. The van der Waals surface area contributed by atoms with Crippen LogP contribution in [0, 0.1) is 0 Å². The van der Waals surface area contributed by atoms with Crippen LogP contribution in [0.3, 0.4) is 0 Å². The monoisotopic (exact) mass is 408 g/mol. The third kappa shape index (κ3) is 3.35. The first-order chi connectivity index (χ1) is 14.2. The molecule has 5 rings (SSSR count). The second-order valence-corrected chi connectivity index (χ2v) is 8.52. The fourth-order valence-electron chi connectivity index (χ4n) is 3.80. The molecule has 0 amide bonds. The van der Waals surface area contributed by atoms with E-state index in [2.05, 4.69) is 9.97 Å². The number of thiazole rings is 1. The number of pyridine rings is 1. The molecule has 148 valence electrons. The van der Waals surface area contributed by atoms with Crippen LogP contribution in [0.5, 0.6) is 17.4 Å². The van der Waals surface area contributed by atoms with Crippen LogP contribution in [0.4, 0.5) is 0 Å². The first kappa shape index (κ1) is 18.1. The molecule has 0 N–H and O–H groups in total. The van der Waals surface area contributed by atoms with E-state index in [1.54, 1.807) is 24.6 Å².